The van der Waals surface area contributed by atoms with Gasteiger partial charge < -0.3 is 20.3 Å². The van der Waals surface area contributed by atoms with Gasteiger partial charge in [0.25, 0.3) is 0 Å². The molecule has 30 heavy (non-hydrogen) atoms. The zero-order valence-corrected chi connectivity index (χ0v) is 17.2. The van der Waals surface area contributed by atoms with Crippen molar-refractivity contribution in [3.05, 3.63) is 47.0 Å². The Balaban J connectivity index is 1.79. The predicted molar refractivity (Wildman–Crippen MR) is 108 cm³/mol. The molecule has 0 saturated carbocycles. The lowest BCUT2D eigenvalue weighted by atomic mass is 10.1. The van der Waals surface area contributed by atoms with E-state index in [1.807, 2.05) is 6.92 Å². The summed E-state index contributed by atoms with van der Waals surface area (Å²) in [5, 5.41) is 18.7. The van der Waals surface area contributed by atoms with E-state index in [1.165, 1.54) is 35.6 Å². The summed E-state index contributed by atoms with van der Waals surface area (Å²) in [7, 11) is 0. The molecule has 0 spiro atoms. The van der Waals surface area contributed by atoms with E-state index in [2.05, 4.69) is 14.9 Å². The topological polar surface area (TPSA) is 90.5 Å². The van der Waals surface area contributed by atoms with Gasteiger partial charge in [-0.1, -0.05) is 22.9 Å². The number of benzene rings is 2. The first-order valence-corrected chi connectivity index (χ1v) is 9.85. The summed E-state index contributed by atoms with van der Waals surface area (Å²) in [5.41, 5.74) is 7.68. The van der Waals surface area contributed by atoms with Crippen LogP contribution in [0.25, 0.3) is 21.1 Å². The molecule has 11 heteroatoms. The molecular weight excluding hydrogens is 443 g/mol. The van der Waals surface area contributed by atoms with Crippen LogP contribution in [0.4, 0.5) is 13.2 Å². The standard InChI is InChI=1S/C19H17ClF3N3O3S/c1-10-6-14(15(20)7-16(10)28-9-12(24)8-27)18-26-25-17(30-18)11-2-4-13(5-3-11)29-19(21,22)23/h2-7,12,27H,8-9,24H2,1H3/t12-/m1/s1. The third-order valence-electron chi connectivity index (χ3n) is 3.94. The highest BCUT2D eigenvalue weighted by atomic mass is 35.5. The predicted octanol–water partition coefficient (Wildman–Crippen LogP) is 4.43. The summed E-state index contributed by atoms with van der Waals surface area (Å²) in [4.78, 5) is 0. The van der Waals surface area contributed by atoms with Crippen molar-refractivity contribution in [2.75, 3.05) is 13.2 Å². The van der Waals surface area contributed by atoms with Crippen molar-refractivity contribution in [1.29, 1.82) is 0 Å². The van der Waals surface area contributed by atoms with Crippen molar-refractivity contribution in [1.82, 2.24) is 10.2 Å². The maximum absolute atomic E-state index is 12.3. The first-order chi connectivity index (χ1) is 14.2. The van der Waals surface area contributed by atoms with E-state index in [9.17, 15) is 13.2 Å². The molecule has 0 bridgehead atoms. The van der Waals surface area contributed by atoms with E-state index in [4.69, 9.17) is 27.2 Å². The van der Waals surface area contributed by atoms with E-state index in [0.717, 1.165) is 5.56 Å². The average molecular weight is 460 g/mol. The maximum Gasteiger partial charge on any atom is 0.573 e. The average Bonchev–Trinajstić information content (AvgIpc) is 3.17. The SMILES string of the molecule is Cc1cc(-c2nnc(-c3ccc(OC(F)(F)F)cc3)s2)c(Cl)cc1OC[C@H](N)CO. The molecule has 0 amide bonds. The monoisotopic (exact) mass is 459 g/mol. The third kappa shape index (κ3) is 5.60. The molecule has 1 heterocycles. The number of nitrogens with two attached hydrogens (primary N) is 1. The first-order valence-electron chi connectivity index (χ1n) is 8.65. The largest absolute Gasteiger partial charge is 0.573 e. The van der Waals surface area contributed by atoms with Gasteiger partial charge in [-0.2, -0.15) is 0 Å². The molecule has 160 valence electrons. The molecule has 0 unspecified atom stereocenters. The van der Waals surface area contributed by atoms with Crippen molar-refractivity contribution < 1.29 is 27.8 Å². The molecule has 0 radical (unpaired) electrons. The van der Waals surface area contributed by atoms with Gasteiger partial charge >= 0.3 is 6.36 Å². The van der Waals surface area contributed by atoms with E-state index >= 15 is 0 Å². The fourth-order valence-corrected chi connectivity index (χ4v) is 3.66. The van der Waals surface area contributed by atoms with Gasteiger partial charge in [-0.15, -0.1) is 23.4 Å². The quantitative estimate of drug-likeness (QED) is 0.543. The number of aliphatic hydroxyl groups is 1. The fraction of sp³-hybridized carbons (Fsp3) is 0.263. The Morgan fingerprint density at radius 2 is 1.83 bits per heavy atom. The Morgan fingerprint density at radius 3 is 2.47 bits per heavy atom. The molecule has 0 saturated heterocycles. The van der Waals surface area contributed by atoms with Crippen LogP contribution >= 0.6 is 22.9 Å². The van der Waals surface area contributed by atoms with Gasteiger partial charge in [0.05, 0.1) is 17.7 Å². The highest BCUT2D eigenvalue weighted by Gasteiger charge is 2.31. The number of halogens is 4. The van der Waals surface area contributed by atoms with E-state index in [-0.39, 0.29) is 19.0 Å². The molecule has 1 aromatic heterocycles. The number of aliphatic hydroxyl groups excluding tert-OH is 1. The van der Waals surface area contributed by atoms with Crippen LogP contribution in [0.3, 0.4) is 0 Å². The molecular formula is C19H17ClF3N3O3S. The molecule has 0 aliphatic rings. The minimum absolute atomic E-state index is 0.143. The smallest absolute Gasteiger partial charge is 0.492 e. The van der Waals surface area contributed by atoms with E-state index in [0.29, 0.717) is 31.9 Å². The third-order valence-corrected chi connectivity index (χ3v) is 5.26. The normalized spacial score (nSPS) is 12.6. The number of aromatic nitrogens is 2. The van der Waals surface area contributed by atoms with Crippen LogP contribution < -0.4 is 15.2 Å². The van der Waals surface area contributed by atoms with Crippen LogP contribution in [0.15, 0.2) is 36.4 Å². The minimum Gasteiger partial charge on any atom is -0.492 e. The van der Waals surface area contributed by atoms with Crippen molar-refractivity contribution in [3.63, 3.8) is 0 Å². The molecule has 0 fully saturated rings. The Hall–Kier alpha value is -2.40. The number of nitrogens with zero attached hydrogens (tertiary/aromatic N) is 2. The lowest BCUT2D eigenvalue weighted by molar-refractivity contribution is -0.274. The highest BCUT2D eigenvalue weighted by Crippen LogP contribution is 2.37. The Labute approximate surface area is 179 Å². The number of aryl methyl sites for hydroxylation is 1. The number of rotatable bonds is 7. The second-order valence-electron chi connectivity index (χ2n) is 6.34. The summed E-state index contributed by atoms with van der Waals surface area (Å²) in [6.45, 7) is 1.78. The van der Waals surface area contributed by atoms with Gasteiger partial charge in [-0.3, -0.25) is 0 Å². The van der Waals surface area contributed by atoms with Crippen molar-refractivity contribution in [2.45, 2.75) is 19.3 Å². The minimum atomic E-state index is -4.74. The molecule has 2 aromatic carbocycles. The molecule has 3 N–H and O–H groups in total. The summed E-state index contributed by atoms with van der Waals surface area (Å²) >= 11 is 7.62. The van der Waals surface area contributed by atoms with Crippen molar-refractivity contribution in [3.8, 4) is 32.6 Å². The molecule has 6 nitrogen and oxygen atoms in total. The van der Waals surface area contributed by atoms with Crippen LogP contribution in [0.1, 0.15) is 5.56 Å². The summed E-state index contributed by atoms with van der Waals surface area (Å²) < 4.78 is 46.3. The van der Waals surface area contributed by atoms with E-state index < -0.39 is 12.4 Å². The van der Waals surface area contributed by atoms with Gasteiger partial charge in [-0.05, 0) is 48.9 Å². The van der Waals surface area contributed by atoms with Crippen molar-refractivity contribution in [2.24, 2.45) is 5.73 Å². The van der Waals surface area contributed by atoms with Crippen molar-refractivity contribution >= 4 is 22.9 Å². The van der Waals surface area contributed by atoms with Gasteiger partial charge in [0.2, 0.25) is 0 Å². The van der Waals surface area contributed by atoms with Crippen LogP contribution in [-0.4, -0.2) is 40.9 Å². The fourth-order valence-electron chi connectivity index (χ4n) is 2.48. The van der Waals surface area contributed by atoms with Crippen LogP contribution in [0, 0.1) is 6.92 Å². The van der Waals surface area contributed by atoms with Crippen LogP contribution in [0.5, 0.6) is 11.5 Å². The van der Waals surface area contributed by atoms with Crippen LogP contribution in [0.2, 0.25) is 5.02 Å². The van der Waals surface area contributed by atoms with Gasteiger partial charge in [0, 0.05) is 11.1 Å². The Bertz CT molecular complexity index is 1010. The molecule has 3 aromatic rings. The Morgan fingerprint density at radius 1 is 1.17 bits per heavy atom. The molecule has 0 aliphatic heterocycles. The van der Waals surface area contributed by atoms with Gasteiger partial charge in [0.15, 0.2) is 0 Å². The zero-order chi connectivity index (χ0) is 21.9. The second-order valence-corrected chi connectivity index (χ2v) is 7.72. The summed E-state index contributed by atoms with van der Waals surface area (Å²) in [6.07, 6.45) is -4.74. The number of ether oxygens (including phenoxy) is 2. The first kappa shape index (κ1) is 22.3. The maximum atomic E-state index is 12.3. The summed E-state index contributed by atoms with van der Waals surface area (Å²) in [6, 6.07) is 8.31. The van der Waals surface area contributed by atoms with Gasteiger partial charge in [0.1, 0.15) is 28.1 Å². The molecule has 3 rings (SSSR count). The molecule has 1 atom stereocenters. The van der Waals surface area contributed by atoms with E-state index in [1.54, 1.807) is 12.1 Å². The number of hydrogen-bond donors (Lipinski definition) is 2. The number of hydrogen-bond acceptors (Lipinski definition) is 7. The second kappa shape index (κ2) is 9.17. The highest BCUT2D eigenvalue weighted by molar-refractivity contribution is 7.18. The lowest BCUT2D eigenvalue weighted by Crippen LogP contribution is -2.31. The lowest BCUT2D eigenvalue weighted by Gasteiger charge is -2.14. The van der Waals surface area contributed by atoms with Gasteiger partial charge in [-0.25, -0.2) is 0 Å². The Kier molecular flexibility index (Phi) is 6.81. The zero-order valence-electron chi connectivity index (χ0n) is 15.6. The summed E-state index contributed by atoms with van der Waals surface area (Å²) in [5.74, 6) is 0.226. The number of alkyl halides is 3. The molecule has 0 aliphatic carbocycles. The van der Waals surface area contributed by atoms with Crippen LogP contribution in [-0.2, 0) is 0 Å².